The molecular formula is C19H22LiNO4. The Morgan fingerprint density at radius 1 is 1.08 bits per heavy atom. The second-order valence-corrected chi connectivity index (χ2v) is 5.59. The third-order valence-corrected chi connectivity index (χ3v) is 3.68. The zero-order valence-electron chi connectivity index (χ0n) is 15.0. The summed E-state index contributed by atoms with van der Waals surface area (Å²) < 4.78 is 11.3. The van der Waals surface area contributed by atoms with Crippen molar-refractivity contribution in [2.75, 3.05) is 27.2 Å². The van der Waals surface area contributed by atoms with Gasteiger partial charge in [0.25, 0.3) is 0 Å². The van der Waals surface area contributed by atoms with Crippen LogP contribution in [0.4, 0.5) is 0 Å². The van der Waals surface area contributed by atoms with E-state index in [1.54, 1.807) is 19.1 Å². The van der Waals surface area contributed by atoms with Crippen LogP contribution in [0.25, 0.3) is 0 Å². The van der Waals surface area contributed by atoms with Crippen LogP contribution in [0.3, 0.4) is 0 Å². The number of methoxy groups -OCH3 is 1. The van der Waals surface area contributed by atoms with Gasteiger partial charge in [0.2, 0.25) is 0 Å². The van der Waals surface area contributed by atoms with E-state index in [1.165, 1.54) is 0 Å². The Morgan fingerprint density at radius 2 is 1.68 bits per heavy atom. The summed E-state index contributed by atoms with van der Waals surface area (Å²) in [7, 11) is 3.38. The van der Waals surface area contributed by atoms with E-state index in [4.69, 9.17) is 9.47 Å². The monoisotopic (exact) mass is 335 g/mol. The molecule has 128 valence electrons. The van der Waals surface area contributed by atoms with Crippen molar-refractivity contribution in [2.45, 2.75) is 12.5 Å². The zero-order valence-corrected chi connectivity index (χ0v) is 15.0. The predicted molar refractivity (Wildman–Crippen MR) is 89.9 cm³/mol. The van der Waals surface area contributed by atoms with Crippen molar-refractivity contribution in [3.63, 3.8) is 0 Å². The van der Waals surface area contributed by atoms with E-state index in [0.29, 0.717) is 13.0 Å². The maximum Gasteiger partial charge on any atom is 1.00 e. The van der Waals surface area contributed by atoms with Gasteiger partial charge in [-0.05, 0) is 36.9 Å². The van der Waals surface area contributed by atoms with Crippen LogP contribution in [0.5, 0.6) is 11.5 Å². The molecule has 0 aromatic heterocycles. The molecule has 0 fully saturated rings. The van der Waals surface area contributed by atoms with Crippen molar-refractivity contribution >= 4 is 5.97 Å². The van der Waals surface area contributed by atoms with Crippen LogP contribution in [-0.2, 0) is 4.79 Å². The molecule has 1 atom stereocenters. The number of ether oxygens (including phenoxy) is 2. The molecule has 0 saturated heterocycles. The summed E-state index contributed by atoms with van der Waals surface area (Å²) in [5.74, 6) is 0.435. The van der Waals surface area contributed by atoms with Crippen molar-refractivity contribution in [2.24, 2.45) is 0 Å². The molecule has 6 heteroatoms. The smallest absolute Gasteiger partial charge is 0.549 e. The van der Waals surface area contributed by atoms with Crippen molar-refractivity contribution in [1.82, 2.24) is 4.90 Å². The van der Waals surface area contributed by atoms with Crippen LogP contribution >= 0.6 is 0 Å². The molecule has 0 unspecified atom stereocenters. The maximum atomic E-state index is 10.7. The topological polar surface area (TPSA) is 61.8 Å². The summed E-state index contributed by atoms with van der Waals surface area (Å²) in [4.78, 5) is 12.4. The first-order valence-corrected chi connectivity index (χ1v) is 7.82. The van der Waals surface area contributed by atoms with E-state index < -0.39 is 5.97 Å². The normalized spacial score (nSPS) is 11.5. The quantitative estimate of drug-likeness (QED) is 0.544. The van der Waals surface area contributed by atoms with E-state index in [2.05, 4.69) is 0 Å². The molecular weight excluding hydrogens is 313 g/mol. The predicted octanol–water partition coefficient (Wildman–Crippen LogP) is -1.11. The van der Waals surface area contributed by atoms with Crippen molar-refractivity contribution in [1.29, 1.82) is 0 Å². The van der Waals surface area contributed by atoms with Gasteiger partial charge in [-0.3, -0.25) is 0 Å². The molecule has 2 aromatic rings. The fourth-order valence-electron chi connectivity index (χ4n) is 2.42. The van der Waals surface area contributed by atoms with Gasteiger partial charge in [0.15, 0.2) is 0 Å². The number of benzene rings is 2. The zero-order chi connectivity index (χ0) is 17.4. The minimum atomic E-state index is -1.08. The average molecular weight is 335 g/mol. The molecule has 0 heterocycles. The summed E-state index contributed by atoms with van der Waals surface area (Å²) in [6, 6.07) is 17.3. The van der Waals surface area contributed by atoms with Gasteiger partial charge in [0.05, 0.1) is 13.1 Å². The van der Waals surface area contributed by atoms with Gasteiger partial charge in [0, 0.05) is 19.5 Å². The third kappa shape index (κ3) is 7.23. The number of rotatable bonds is 9. The maximum absolute atomic E-state index is 10.7. The van der Waals surface area contributed by atoms with E-state index in [9.17, 15) is 9.90 Å². The van der Waals surface area contributed by atoms with E-state index >= 15 is 0 Å². The van der Waals surface area contributed by atoms with Gasteiger partial charge in [-0.25, -0.2) is 0 Å². The fourth-order valence-corrected chi connectivity index (χ4v) is 2.42. The average Bonchev–Trinajstić information content (AvgIpc) is 2.59. The molecule has 2 rings (SSSR count). The number of carbonyl (C=O) groups excluding carboxylic acids is 1. The molecule has 0 N–H and O–H groups in total. The van der Waals surface area contributed by atoms with E-state index in [0.717, 1.165) is 17.1 Å². The molecule has 0 aliphatic rings. The molecule has 25 heavy (non-hydrogen) atoms. The van der Waals surface area contributed by atoms with Crippen LogP contribution in [0.1, 0.15) is 18.1 Å². The largest absolute Gasteiger partial charge is 1.00 e. The standard InChI is InChI=1S/C19H23NO4.Li/c1-20(14-19(21)22)13-12-18(15-6-4-3-5-7-15)24-17-10-8-16(23-2)9-11-17;/h3-11,18H,12-14H2,1-2H3,(H,21,22);/q;+1/p-1/t18-;/m1./s1. The molecule has 0 bridgehead atoms. The van der Waals surface area contributed by atoms with Gasteiger partial charge >= 0.3 is 18.9 Å². The third-order valence-electron chi connectivity index (χ3n) is 3.68. The fraction of sp³-hybridized carbons (Fsp3) is 0.316. The summed E-state index contributed by atoms with van der Waals surface area (Å²) in [6.07, 6.45) is 0.503. The van der Waals surface area contributed by atoms with Gasteiger partial charge in [-0.15, -0.1) is 0 Å². The Balaban J connectivity index is 0.00000312. The molecule has 0 radical (unpaired) electrons. The van der Waals surface area contributed by atoms with Gasteiger partial charge in [0.1, 0.15) is 17.6 Å². The van der Waals surface area contributed by atoms with E-state index in [-0.39, 0.29) is 31.5 Å². The number of nitrogens with zero attached hydrogens (tertiary/aromatic N) is 1. The Kier molecular flexibility index (Phi) is 9.15. The molecule has 0 saturated carbocycles. The van der Waals surface area contributed by atoms with Crippen molar-refractivity contribution in [3.8, 4) is 11.5 Å². The summed E-state index contributed by atoms with van der Waals surface area (Å²) in [5.41, 5.74) is 1.05. The number of likely N-dealkylation sites (N-methyl/N-ethyl adjacent to an activating group) is 1. The number of hydrogen-bond acceptors (Lipinski definition) is 5. The number of carbonyl (C=O) groups is 1. The second-order valence-electron chi connectivity index (χ2n) is 5.59. The van der Waals surface area contributed by atoms with Crippen molar-refractivity contribution < 1.29 is 38.2 Å². The van der Waals surface area contributed by atoms with Gasteiger partial charge in [-0.2, -0.15) is 0 Å². The number of carboxylic acids is 1. The van der Waals surface area contributed by atoms with E-state index in [1.807, 2.05) is 54.6 Å². The number of aliphatic carboxylic acids is 1. The minimum Gasteiger partial charge on any atom is -0.549 e. The first kappa shape index (κ1) is 21.1. The summed E-state index contributed by atoms with van der Waals surface area (Å²) in [5, 5.41) is 10.7. The van der Waals surface area contributed by atoms with Crippen molar-refractivity contribution in [3.05, 3.63) is 60.2 Å². The Bertz CT molecular complexity index is 634. The van der Waals surface area contributed by atoms with Crippen LogP contribution in [0.15, 0.2) is 54.6 Å². The molecule has 2 aromatic carbocycles. The first-order chi connectivity index (χ1) is 11.6. The number of hydrogen-bond donors (Lipinski definition) is 0. The summed E-state index contributed by atoms with van der Waals surface area (Å²) >= 11 is 0. The van der Waals surface area contributed by atoms with Crippen LogP contribution < -0.4 is 33.4 Å². The SMILES string of the molecule is COc1ccc(O[C@H](CCN(C)CC(=O)[O-])c2ccccc2)cc1.[Li+]. The van der Waals surface area contributed by atoms with Crippen LogP contribution in [0.2, 0.25) is 0 Å². The molecule has 0 aliphatic carbocycles. The second kappa shape index (κ2) is 10.8. The van der Waals surface area contributed by atoms with Gasteiger partial charge in [-0.1, -0.05) is 30.3 Å². The molecule has 5 nitrogen and oxygen atoms in total. The van der Waals surface area contributed by atoms with Crippen LogP contribution in [-0.4, -0.2) is 38.1 Å². The Morgan fingerprint density at radius 3 is 2.24 bits per heavy atom. The minimum absolute atomic E-state index is 0. The van der Waals surface area contributed by atoms with Crippen LogP contribution in [0, 0.1) is 0 Å². The Labute approximate surface area is 160 Å². The van der Waals surface area contributed by atoms with Gasteiger partial charge < -0.3 is 24.3 Å². The molecule has 0 amide bonds. The summed E-state index contributed by atoms with van der Waals surface area (Å²) in [6.45, 7) is 0.494. The first-order valence-electron chi connectivity index (χ1n) is 7.82. The molecule has 0 spiro atoms. The number of carboxylic acid groups (broad SMARTS) is 1. The Hall–Kier alpha value is -1.93. The molecule has 0 aliphatic heterocycles.